The molecule has 1 aliphatic rings. The SMILES string of the molecule is CC1(C)CN(N)c2cc(Br)ccc2O1. The number of nitrogens with zero attached hydrogens (tertiary/aromatic N) is 1. The van der Waals surface area contributed by atoms with Gasteiger partial charge in [0.1, 0.15) is 11.4 Å². The summed E-state index contributed by atoms with van der Waals surface area (Å²) in [6.45, 7) is 4.74. The van der Waals surface area contributed by atoms with Crippen molar-refractivity contribution in [3.63, 3.8) is 0 Å². The largest absolute Gasteiger partial charge is 0.484 e. The van der Waals surface area contributed by atoms with E-state index in [2.05, 4.69) is 15.9 Å². The average Bonchev–Trinajstić information content (AvgIpc) is 2.05. The van der Waals surface area contributed by atoms with Crippen molar-refractivity contribution in [2.75, 3.05) is 11.6 Å². The minimum atomic E-state index is -0.227. The number of benzene rings is 1. The van der Waals surface area contributed by atoms with Crippen molar-refractivity contribution in [2.24, 2.45) is 5.84 Å². The molecule has 0 fully saturated rings. The standard InChI is InChI=1S/C10H13BrN2O/c1-10(2)6-13(12)8-5-7(11)3-4-9(8)14-10/h3-5H,6,12H2,1-2H3. The van der Waals surface area contributed by atoms with Crippen LogP contribution < -0.4 is 15.6 Å². The van der Waals surface area contributed by atoms with Crippen molar-refractivity contribution in [3.8, 4) is 5.75 Å². The van der Waals surface area contributed by atoms with Gasteiger partial charge in [0.15, 0.2) is 0 Å². The smallest absolute Gasteiger partial charge is 0.144 e. The van der Waals surface area contributed by atoms with E-state index >= 15 is 0 Å². The van der Waals surface area contributed by atoms with Crippen molar-refractivity contribution < 1.29 is 4.74 Å². The highest BCUT2D eigenvalue weighted by atomic mass is 79.9. The van der Waals surface area contributed by atoms with Gasteiger partial charge in [0.05, 0.1) is 12.2 Å². The molecule has 2 rings (SSSR count). The maximum atomic E-state index is 5.92. The molecule has 14 heavy (non-hydrogen) atoms. The minimum absolute atomic E-state index is 0.227. The maximum absolute atomic E-state index is 5.92. The lowest BCUT2D eigenvalue weighted by Crippen LogP contribution is -2.50. The Balaban J connectivity index is 2.45. The molecule has 0 saturated heterocycles. The van der Waals surface area contributed by atoms with Gasteiger partial charge >= 0.3 is 0 Å². The fourth-order valence-corrected chi connectivity index (χ4v) is 1.98. The van der Waals surface area contributed by atoms with E-state index in [-0.39, 0.29) is 5.60 Å². The molecule has 4 heteroatoms. The van der Waals surface area contributed by atoms with Crippen molar-refractivity contribution in [3.05, 3.63) is 22.7 Å². The van der Waals surface area contributed by atoms with Crippen LogP contribution in [0.1, 0.15) is 13.8 Å². The van der Waals surface area contributed by atoms with Crippen LogP contribution in [0.3, 0.4) is 0 Å². The monoisotopic (exact) mass is 256 g/mol. The Hall–Kier alpha value is -0.740. The zero-order valence-corrected chi connectivity index (χ0v) is 9.84. The van der Waals surface area contributed by atoms with Gasteiger partial charge in [-0.15, -0.1) is 0 Å². The zero-order valence-electron chi connectivity index (χ0n) is 8.25. The molecule has 0 atom stereocenters. The fourth-order valence-electron chi connectivity index (χ4n) is 1.63. The molecule has 1 aromatic carbocycles. The summed E-state index contributed by atoms with van der Waals surface area (Å²) in [5, 5.41) is 1.73. The van der Waals surface area contributed by atoms with E-state index in [0.717, 1.165) is 15.9 Å². The summed E-state index contributed by atoms with van der Waals surface area (Å²) in [6, 6.07) is 5.85. The summed E-state index contributed by atoms with van der Waals surface area (Å²) in [7, 11) is 0. The lowest BCUT2D eigenvalue weighted by atomic mass is 10.1. The number of hydrogen-bond donors (Lipinski definition) is 1. The van der Waals surface area contributed by atoms with Crippen molar-refractivity contribution in [2.45, 2.75) is 19.4 Å². The summed E-state index contributed by atoms with van der Waals surface area (Å²) in [4.78, 5) is 0. The zero-order chi connectivity index (χ0) is 10.3. The molecule has 0 aliphatic carbocycles. The van der Waals surface area contributed by atoms with Gasteiger partial charge in [0, 0.05) is 4.47 Å². The van der Waals surface area contributed by atoms with E-state index < -0.39 is 0 Å². The van der Waals surface area contributed by atoms with E-state index in [9.17, 15) is 0 Å². The number of anilines is 1. The number of halogens is 1. The molecular weight excluding hydrogens is 244 g/mol. The topological polar surface area (TPSA) is 38.5 Å². The van der Waals surface area contributed by atoms with Gasteiger partial charge < -0.3 is 9.75 Å². The first-order valence-electron chi connectivity index (χ1n) is 4.49. The van der Waals surface area contributed by atoms with E-state index in [0.29, 0.717) is 6.54 Å². The lowest BCUT2D eigenvalue weighted by molar-refractivity contribution is 0.105. The molecule has 1 aromatic rings. The first-order valence-corrected chi connectivity index (χ1v) is 5.28. The molecule has 0 unspecified atom stereocenters. The first kappa shape index (κ1) is 9.80. The molecular formula is C10H13BrN2O. The van der Waals surface area contributed by atoms with Crippen LogP contribution in [0.4, 0.5) is 5.69 Å². The molecule has 0 spiro atoms. The highest BCUT2D eigenvalue weighted by Crippen LogP contribution is 2.36. The van der Waals surface area contributed by atoms with Crippen LogP contribution in [0.2, 0.25) is 0 Å². The molecule has 1 aliphatic heterocycles. The van der Waals surface area contributed by atoms with Crippen molar-refractivity contribution in [1.29, 1.82) is 0 Å². The number of hydrogen-bond acceptors (Lipinski definition) is 3. The van der Waals surface area contributed by atoms with Crippen molar-refractivity contribution >= 4 is 21.6 Å². The quantitative estimate of drug-likeness (QED) is 0.725. The van der Waals surface area contributed by atoms with E-state index in [1.807, 2.05) is 32.0 Å². The van der Waals surface area contributed by atoms with Crippen LogP contribution in [-0.2, 0) is 0 Å². The summed E-state index contributed by atoms with van der Waals surface area (Å²) in [5.41, 5.74) is 0.703. The van der Waals surface area contributed by atoms with Gasteiger partial charge in [-0.2, -0.15) is 0 Å². The Morgan fingerprint density at radius 3 is 2.93 bits per heavy atom. The lowest BCUT2D eigenvalue weighted by Gasteiger charge is -2.38. The van der Waals surface area contributed by atoms with Gasteiger partial charge in [0.2, 0.25) is 0 Å². The maximum Gasteiger partial charge on any atom is 0.144 e. The summed E-state index contributed by atoms with van der Waals surface area (Å²) >= 11 is 3.41. The number of nitrogens with two attached hydrogens (primary N) is 1. The number of rotatable bonds is 0. The van der Waals surface area contributed by atoms with Crippen LogP contribution in [0.5, 0.6) is 5.75 Å². The van der Waals surface area contributed by atoms with Gasteiger partial charge in [-0.3, -0.25) is 0 Å². The molecule has 1 heterocycles. The van der Waals surface area contributed by atoms with Crippen LogP contribution in [-0.4, -0.2) is 12.1 Å². The van der Waals surface area contributed by atoms with Crippen LogP contribution in [0, 0.1) is 0 Å². The third-order valence-corrected chi connectivity index (χ3v) is 2.66. The first-order chi connectivity index (χ1) is 6.48. The molecule has 2 N–H and O–H groups in total. The predicted molar refractivity (Wildman–Crippen MR) is 60.4 cm³/mol. The van der Waals surface area contributed by atoms with Gasteiger partial charge in [-0.05, 0) is 32.0 Å². The third kappa shape index (κ3) is 1.72. The van der Waals surface area contributed by atoms with Crippen molar-refractivity contribution in [1.82, 2.24) is 0 Å². The van der Waals surface area contributed by atoms with Crippen LogP contribution in [0.15, 0.2) is 22.7 Å². The van der Waals surface area contributed by atoms with E-state index in [4.69, 9.17) is 10.6 Å². The molecule has 76 valence electrons. The van der Waals surface area contributed by atoms with Crippen LogP contribution >= 0.6 is 15.9 Å². The Labute approximate surface area is 91.9 Å². The van der Waals surface area contributed by atoms with E-state index in [1.54, 1.807) is 5.01 Å². The highest BCUT2D eigenvalue weighted by molar-refractivity contribution is 9.10. The summed E-state index contributed by atoms with van der Waals surface area (Å²) in [6.07, 6.45) is 0. The highest BCUT2D eigenvalue weighted by Gasteiger charge is 2.30. The number of ether oxygens (including phenoxy) is 1. The Morgan fingerprint density at radius 1 is 1.50 bits per heavy atom. The third-order valence-electron chi connectivity index (χ3n) is 2.17. The number of hydrazine groups is 1. The van der Waals surface area contributed by atoms with Crippen LogP contribution in [0.25, 0.3) is 0 Å². The molecule has 0 amide bonds. The second kappa shape index (κ2) is 3.14. The van der Waals surface area contributed by atoms with E-state index in [1.165, 1.54) is 0 Å². The summed E-state index contributed by atoms with van der Waals surface area (Å²) in [5.74, 6) is 6.76. The Morgan fingerprint density at radius 2 is 2.21 bits per heavy atom. The van der Waals surface area contributed by atoms with Gasteiger partial charge in [-0.1, -0.05) is 15.9 Å². The average molecular weight is 257 g/mol. The molecule has 0 aromatic heterocycles. The normalized spacial score (nSPS) is 18.7. The second-order valence-electron chi connectivity index (χ2n) is 4.10. The fraction of sp³-hybridized carbons (Fsp3) is 0.400. The minimum Gasteiger partial charge on any atom is -0.484 e. The molecule has 0 radical (unpaired) electrons. The molecule has 0 bridgehead atoms. The number of fused-ring (bicyclic) bond motifs is 1. The Kier molecular flexibility index (Phi) is 2.20. The predicted octanol–water partition coefficient (Wildman–Crippen LogP) is 2.30. The van der Waals surface area contributed by atoms with Gasteiger partial charge in [0.25, 0.3) is 0 Å². The molecule has 0 saturated carbocycles. The second-order valence-corrected chi connectivity index (χ2v) is 5.02. The Bertz CT molecular complexity index is 365. The van der Waals surface area contributed by atoms with Gasteiger partial charge in [-0.25, -0.2) is 5.84 Å². The molecule has 3 nitrogen and oxygen atoms in total. The summed E-state index contributed by atoms with van der Waals surface area (Å²) < 4.78 is 6.81.